The maximum atomic E-state index is 12.9. The minimum atomic E-state index is -0.401. The fourth-order valence-corrected chi connectivity index (χ4v) is 3.72. The average molecular weight is 338 g/mol. The number of primary amides is 1. The van der Waals surface area contributed by atoms with Gasteiger partial charge in [0.15, 0.2) is 5.96 Å². The van der Waals surface area contributed by atoms with Crippen LogP contribution in [0.5, 0.6) is 0 Å². The van der Waals surface area contributed by atoms with Gasteiger partial charge in [0.1, 0.15) is 0 Å². The van der Waals surface area contributed by atoms with Crippen molar-refractivity contribution >= 4 is 17.8 Å². The van der Waals surface area contributed by atoms with Crippen molar-refractivity contribution in [3.05, 3.63) is 0 Å². The molecule has 0 radical (unpaired) electrons. The number of methoxy groups -OCH3 is 1. The van der Waals surface area contributed by atoms with Crippen molar-refractivity contribution in [2.45, 2.75) is 70.6 Å². The van der Waals surface area contributed by atoms with Crippen molar-refractivity contribution in [3.8, 4) is 0 Å². The minimum Gasteiger partial charge on any atom is -0.382 e. The van der Waals surface area contributed by atoms with Gasteiger partial charge < -0.3 is 16.2 Å². The summed E-state index contributed by atoms with van der Waals surface area (Å²) in [4.78, 5) is 30.6. The number of guanidine groups is 1. The maximum absolute atomic E-state index is 12.9. The fourth-order valence-electron chi connectivity index (χ4n) is 3.72. The zero-order valence-corrected chi connectivity index (χ0v) is 15.1. The Kier molecular flexibility index (Phi) is 5.52. The molecule has 0 aromatic carbocycles. The summed E-state index contributed by atoms with van der Waals surface area (Å²) in [7, 11) is 1.63. The van der Waals surface area contributed by atoms with Crippen LogP contribution in [0.25, 0.3) is 0 Å². The Labute approximate surface area is 143 Å². The van der Waals surface area contributed by atoms with E-state index in [1.165, 1.54) is 0 Å². The quantitative estimate of drug-likeness (QED) is 0.688. The maximum Gasteiger partial charge on any atom is 0.231 e. The molecule has 0 bridgehead atoms. The minimum absolute atomic E-state index is 0.0189. The van der Waals surface area contributed by atoms with Crippen molar-refractivity contribution in [1.82, 2.24) is 4.90 Å². The van der Waals surface area contributed by atoms with E-state index in [4.69, 9.17) is 16.2 Å². The average Bonchev–Trinajstić information content (AvgIpc) is 3.33. The van der Waals surface area contributed by atoms with Crippen LogP contribution in [0.1, 0.15) is 52.9 Å². The first-order chi connectivity index (χ1) is 11.3. The second kappa shape index (κ2) is 7.09. The van der Waals surface area contributed by atoms with Gasteiger partial charge in [0.05, 0.1) is 18.1 Å². The van der Waals surface area contributed by atoms with E-state index in [9.17, 15) is 9.59 Å². The lowest BCUT2D eigenvalue weighted by Crippen LogP contribution is -2.56. The lowest BCUT2D eigenvalue weighted by atomic mass is 9.87. The molecular weight excluding hydrogens is 308 g/mol. The van der Waals surface area contributed by atoms with Crippen LogP contribution in [0.3, 0.4) is 0 Å². The van der Waals surface area contributed by atoms with E-state index in [0.29, 0.717) is 19.3 Å². The van der Waals surface area contributed by atoms with Crippen LogP contribution in [0.15, 0.2) is 4.99 Å². The van der Waals surface area contributed by atoms with E-state index < -0.39 is 5.54 Å². The number of amides is 2. The number of aliphatic imine (C=N–C) groups is 1. The second-order valence-corrected chi connectivity index (χ2v) is 7.10. The fraction of sp³-hybridized carbons (Fsp3) is 0.824. The third kappa shape index (κ3) is 3.55. The van der Waals surface area contributed by atoms with Crippen LogP contribution in [0.4, 0.5) is 0 Å². The zero-order valence-electron chi connectivity index (χ0n) is 15.1. The first-order valence-corrected chi connectivity index (χ1v) is 8.78. The van der Waals surface area contributed by atoms with E-state index in [2.05, 4.69) is 4.99 Å². The number of nitrogens with two attached hydrogens (primary N) is 2. The smallest absolute Gasteiger partial charge is 0.231 e. The van der Waals surface area contributed by atoms with Gasteiger partial charge in [0.2, 0.25) is 11.8 Å². The third-order valence-corrected chi connectivity index (χ3v) is 5.67. The van der Waals surface area contributed by atoms with Crippen LogP contribution in [0, 0.1) is 11.8 Å². The number of hydrogen-bond acceptors (Lipinski definition) is 5. The van der Waals surface area contributed by atoms with Gasteiger partial charge in [-0.05, 0) is 38.5 Å². The van der Waals surface area contributed by atoms with Crippen LogP contribution < -0.4 is 11.5 Å². The van der Waals surface area contributed by atoms with Gasteiger partial charge in [-0.3, -0.25) is 14.5 Å². The van der Waals surface area contributed by atoms with Crippen LogP contribution >= 0.6 is 0 Å². The van der Waals surface area contributed by atoms with Gasteiger partial charge in [-0.15, -0.1) is 0 Å². The summed E-state index contributed by atoms with van der Waals surface area (Å²) in [5.74, 6) is -0.225. The first kappa shape index (κ1) is 18.7. The van der Waals surface area contributed by atoms with E-state index in [-0.39, 0.29) is 41.8 Å². The Morgan fingerprint density at radius 2 is 2.08 bits per heavy atom. The SMILES string of the molecule is CCC1(CC)CC(=O)N(C(CC(C)OC)[C@@H]2C[C@H]2C(N)=O)C(N)=N1. The van der Waals surface area contributed by atoms with Crippen molar-refractivity contribution in [3.63, 3.8) is 0 Å². The molecular formula is C17H30N4O3. The number of ether oxygens (including phenoxy) is 1. The molecule has 1 fully saturated rings. The molecule has 0 aromatic rings. The van der Waals surface area contributed by atoms with Gasteiger partial charge >= 0.3 is 0 Å². The van der Waals surface area contributed by atoms with Crippen molar-refractivity contribution in [1.29, 1.82) is 0 Å². The summed E-state index contributed by atoms with van der Waals surface area (Å²) in [5.41, 5.74) is 11.2. The summed E-state index contributed by atoms with van der Waals surface area (Å²) in [6, 6.07) is -0.194. The molecule has 0 spiro atoms. The van der Waals surface area contributed by atoms with E-state index in [1.807, 2.05) is 20.8 Å². The monoisotopic (exact) mass is 338 g/mol. The molecule has 7 heteroatoms. The summed E-state index contributed by atoms with van der Waals surface area (Å²) in [5, 5.41) is 0. The highest BCUT2D eigenvalue weighted by atomic mass is 16.5. The topological polar surface area (TPSA) is 111 Å². The highest BCUT2D eigenvalue weighted by Crippen LogP contribution is 2.45. The van der Waals surface area contributed by atoms with E-state index in [1.54, 1.807) is 12.0 Å². The standard InChI is InChI=1S/C17H30N4O3/c1-5-17(6-2)9-14(22)21(16(19)20-17)13(7-10(3)24-4)11-8-12(11)15(18)23/h10-13H,5-9H2,1-4H3,(H2,18,23)(H2,19,20)/t10?,11-,12-,13?/m1/s1. The summed E-state index contributed by atoms with van der Waals surface area (Å²) < 4.78 is 5.36. The van der Waals surface area contributed by atoms with Gasteiger partial charge in [-0.2, -0.15) is 0 Å². The predicted octanol–water partition coefficient (Wildman–Crippen LogP) is 1.01. The molecule has 4 atom stereocenters. The Morgan fingerprint density at radius 3 is 2.50 bits per heavy atom. The zero-order chi connectivity index (χ0) is 18.1. The molecule has 0 aromatic heterocycles. The Bertz CT molecular complexity index is 530. The molecule has 136 valence electrons. The predicted molar refractivity (Wildman–Crippen MR) is 92.1 cm³/mol. The molecule has 2 unspecified atom stereocenters. The molecule has 2 aliphatic rings. The highest BCUT2D eigenvalue weighted by Gasteiger charge is 2.52. The summed E-state index contributed by atoms with van der Waals surface area (Å²) >= 11 is 0. The van der Waals surface area contributed by atoms with Crippen LogP contribution in [-0.2, 0) is 14.3 Å². The molecule has 1 heterocycles. The molecule has 4 N–H and O–H groups in total. The van der Waals surface area contributed by atoms with E-state index >= 15 is 0 Å². The summed E-state index contributed by atoms with van der Waals surface area (Å²) in [6.45, 7) is 5.99. The van der Waals surface area contributed by atoms with Crippen LogP contribution in [-0.4, -0.2) is 47.5 Å². The molecule has 24 heavy (non-hydrogen) atoms. The van der Waals surface area contributed by atoms with E-state index in [0.717, 1.165) is 12.8 Å². The Balaban J connectivity index is 2.29. The lowest BCUT2D eigenvalue weighted by molar-refractivity contribution is -0.133. The highest BCUT2D eigenvalue weighted by molar-refractivity contribution is 5.99. The molecule has 2 rings (SSSR count). The van der Waals surface area contributed by atoms with Crippen molar-refractivity contribution in [2.24, 2.45) is 28.3 Å². The largest absolute Gasteiger partial charge is 0.382 e. The number of rotatable bonds is 8. The Hall–Kier alpha value is -1.63. The van der Waals surface area contributed by atoms with Crippen molar-refractivity contribution in [2.75, 3.05) is 7.11 Å². The van der Waals surface area contributed by atoms with Gasteiger partial charge in [-0.25, -0.2) is 4.99 Å². The second-order valence-electron chi connectivity index (χ2n) is 7.10. The molecule has 1 aliphatic heterocycles. The lowest BCUT2D eigenvalue weighted by Gasteiger charge is -2.40. The first-order valence-electron chi connectivity index (χ1n) is 8.78. The molecule has 7 nitrogen and oxygen atoms in total. The Morgan fingerprint density at radius 1 is 1.46 bits per heavy atom. The normalized spacial score (nSPS) is 28.2. The molecule has 1 aliphatic carbocycles. The van der Waals surface area contributed by atoms with Crippen molar-refractivity contribution < 1.29 is 14.3 Å². The number of hydrogen-bond donors (Lipinski definition) is 2. The van der Waals surface area contributed by atoms with Crippen LogP contribution in [0.2, 0.25) is 0 Å². The van der Waals surface area contributed by atoms with Gasteiger partial charge in [0, 0.05) is 19.1 Å². The molecule has 0 saturated heterocycles. The number of nitrogens with zero attached hydrogens (tertiary/aromatic N) is 2. The van der Waals surface area contributed by atoms with Gasteiger partial charge in [0.25, 0.3) is 0 Å². The molecule has 1 saturated carbocycles. The third-order valence-electron chi connectivity index (χ3n) is 5.67. The van der Waals surface area contributed by atoms with Gasteiger partial charge in [-0.1, -0.05) is 13.8 Å². The number of carbonyl (C=O) groups is 2. The summed E-state index contributed by atoms with van der Waals surface area (Å²) in [6.07, 6.45) is 3.16. The number of carbonyl (C=O) groups excluding carboxylic acids is 2. The molecule has 2 amide bonds.